The van der Waals surface area contributed by atoms with Gasteiger partial charge in [0.1, 0.15) is 11.6 Å². The fourth-order valence-corrected chi connectivity index (χ4v) is 9.13. The maximum Gasteiger partial charge on any atom is 0.198 e. The second-order valence-corrected chi connectivity index (χ2v) is 19.4. The predicted octanol–water partition coefficient (Wildman–Crippen LogP) is 18.5. The third kappa shape index (κ3) is 8.37. The van der Waals surface area contributed by atoms with Gasteiger partial charge in [-0.05, 0) is 104 Å². The zero-order valence-electron chi connectivity index (χ0n) is 39.1. The molecule has 0 radical (unpaired) electrons. The Bertz CT molecular complexity index is 3320. The van der Waals surface area contributed by atoms with Crippen LogP contribution >= 0.6 is 0 Å². The first-order valence-corrected chi connectivity index (χ1v) is 22.8. The fraction of sp³-hybridized carbons (Fsp3) is 0.133. The van der Waals surface area contributed by atoms with Crippen LogP contribution in [0.1, 0.15) is 52.7 Å². The molecule has 350 valence electrons. The Morgan fingerprint density at radius 2 is 0.686 bits per heavy atom. The van der Waals surface area contributed by atoms with Crippen LogP contribution in [-0.2, 0) is 10.8 Å². The molecule has 0 aliphatic rings. The van der Waals surface area contributed by atoms with Crippen LogP contribution < -0.4 is 19.3 Å². The number of benzene rings is 10. The van der Waals surface area contributed by atoms with Gasteiger partial charge >= 0.3 is 0 Å². The standard InChI is InChI=1S/C60H46F6N2O2/c1-59(2,3)37-19-23-41(24-20-37)67(51-11-7-9-13-53(51)69-57-45(63)31-39(61)32-46(57)64)49-29-17-35-16-28-44-50(30-18-36-15-27-43(49)55(35)56(36)44)68(42-25-21-38(22-26-42)60(4,5)6)52-12-8-10-14-54(52)70-58-47(65)33-40(62)34-48(58)66/h7-34H,1-6H3. The summed E-state index contributed by atoms with van der Waals surface area (Å²) in [6.07, 6.45) is 0. The van der Waals surface area contributed by atoms with Crippen molar-refractivity contribution in [1.82, 2.24) is 0 Å². The molecule has 0 saturated carbocycles. The van der Waals surface area contributed by atoms with Gasteiger partial charge in [0, 0.05) is 46.4 Å². The van der Waals surface area contributed by atoms with E-state index >= 15 is 17.6 Å². The van der Waals surface area contributed by atoms with Gasteiger partial charge in [0.25, 0.3) is 0 Å². The normalized spacial score (nSPS) is 12.0. The summed E-state index contributed by atoms with van der Waals surface area (Å²) in [4.78, 5) is 3.97. The molecule has 0 atom stereocenters. The van der Waals surface area contributed by atoms with Crippen molar-refractivity contribution in [1.29, 1.82) is 0 Å². The molecule has 70 heavy (non-hydrogen) atoms. The molecule has 0 saturated heterocycles. The van der Waals surface area contributed by atoms with Gasteiger partial charge in [-0.2, -0.15) is 0 Å². The minimum atomic E-state index is -1.19. The van der Waals surface area contributed by atoms with Crippen molar-refractivity contribution in [2.75, 3.05) is 9.80 Å². The Labute approximate surface area is 401 Å². The van der Waals surface area contributed by atoms with Crippen LogP contribution in [0, 0.1) is 34.9 Å². The van der Waals surface area contributed by atoms with Gasteiger partial charge in [-0.1, -0.05) is 126 Å². The van der Waals surface area contributed by atoms with Gasteiger partial charge in [0.2, 0.25) is 0 Å². The highest BCUT2D eigenvalue weighted by atomic mass is 19.2. The van der Waals surface area contributed by atoms with Crippen LogP contribution in [-0.4, -0.2) is 0 Å². The number of anilines is 6. The van der Waals surface area contributed by atoms with Crippen LogP contribution in [0.25, 0.3) is 32.3 Å². The lowest BCUT2D eigenvalue weighted by Crippen LogP contribution is -2.14. The van der Waals surface area contributed by atoms with Crippen molar-refractivity contribution < 1.29 is 35.8 Å². The molecule has 0 fully saturated rings. The molecule has 10 heteroatoms. The molecule has 0 heterocycles. The molecule has 0 unspecified atom stereocenters. The van der Waals surface area contributed by atoms with Crippen LogP contribution in [0.3, 0.4) is 0 Å². The summed E-state index contributed by atoms with van der Waals surface area (Å²) >= 11 is 0. The number of rotatable bonds is 10. The summed E-state index contributed by atoms with van der Waals surface area (Å²) in [5, 5.41) is 5.39. The summed E-state index contributed by atoms with van der Waals surface area (Å²) in [6.45, 7) is 12.8. The number of halogens is 6. The minimum absolute atomic E-state index is 0.120. The number of hydrogen-bond donors (Lipinski definition) is 0. The third-order valence-electron chi connectivity index (χ3n) is 12.6. The molecular weight excluding hydrogens is 895 g/mol. The van der Waals surface area contributed by atoms with Crippen molar-refractivity contribution in [2.45, 2.75) is 52.4 Å². The second-order valence-electron chi connectivity index (χ2n) is 19.4. The van der Waals surface area contributed by atoms with Gasteiger partial charge in [-0.15, -0.1) is 0 Å². The molecular formula is C60H46F6N2O2. The van der Waals surface area contributed by atoms with Gasteiger partial charge in [0.05, 0.1) is 22.7 Å². The Balaban J connectivity index is 1.20. The first kappa shape index (κ1) is 45.8. The van der Waals surface area contributed by atoms with Gasteiger partial charge in [-0.25, -0.2) is 26.3 Å². The highest BCUT2D eigenvalue weighted by Crippen LogP contribution is 2.51. The van der Waals surface area contributed by atoms with Crippen molar-refractivity contribution in [2.24, 2.45) is 0 Å². The summed E-state index contributed by atoms with van der Waals surface area (Å²) in [7, 11) is 0. The predicted molar refractivity (Wildman–Crippen MR) is 270 cm³/mol. The van der Waals surface area contributed by atoms with Crippen molar-refractivity contribution in [3.05, 3.63) is 216 Å². The average molecular weight is 941 g/mol. The summed E-state index contributed by atoms with van der Waals surface area (Å²) < 4.78 is 101. The Morgan fingerprint density at radius 3 is 1.03 bits per heavy atom. The molecule has 0 spiro atoms. The maximum absolute atomic E-state index is 15.2. The second kappa shape index (κ2) is 17.5. The van der Waals surface area contributed by atoms with E-state index in [1.54, 1.807) is 48.5 Å². The lowest BCUT2D eigenvalue weighted by molar-refractivity contribution is 0.402. The molecule has 10 aromatic rings. The van der Waals surface area contributed by atoms with E-state index in [2.05, 4.69) is 77.9 Å². The van der Waals surface area contributed by atoms with E-state index in [4.69, 9.17) is 9.47 Å². The minimum Gasteiger partial charge on any atom is -0.449 e. The average Bonchev–Trinajstić information content (AvgIpc) is 3.32. The van der Waals surface area contributed by atoms with Crippen LogP contribution in [0.5, 0.6) is 23.0 Å². The highest BCUT2D eigenvalue weighted by Gasteiger charge is 2.27. The zero-order valence-corrected chi connectivity index (χ0v) is 39.1. The van der Waals surface area contributed by atoms with Crippen LogP contribution in [0.2, 0.25) is 0 Å². The number of para-hydroxylation sites is 4. The summed E-state index contributed by atoms with van der Waals surface area (Å²) in [6, 6.07) is 48.6. The molecule has 4 nitrogen and oxygen atoms in total. The van der Waals surface area contributed by atoms with Crippen molar-refractivity contribution in [3.8, 4) is 23.0 Å². The van der Waals surface area contributed by atoms with E-state index in [9.17, 15) is 8.78 Å². The number of nitrogens with zero attached hydrogens (tertiary/aromatic N) is 2. The zero-order chi connectivity index (χ0) is 49.2. The van der Waals surface area contributed by atoms with Crippen LogP contribution in [0.15, 0.2) is 170 Å². The van der Waals surface area contributed by atoms with E-state index in [0.717, 1.165) is 66.2 Å². The van der Waals surface area contributed by atoms with E-state index in [1.165, 1.54) is 0 Å². The number of hydrogen-bond acceptors (Lipinski definition) is 4. The van der Waals surface area contributed by atoms with Crippen LogP contribution in [0.4, 0.5) is 60.5 Å². The Morgan fingerprint density at radius 1 is 0.357 bits per heavy atom. The van der Waals surface area contributed by atoms with Crippen molar-refractivity contribution in [3.63, 3.8) is 0 Å². The first-order chi connectivity index (χ1) is 33.4. The molecule has 0 amide bonds. The lowest BCUT2D eigenvalue weighted by atomic mass is 9.87. The third-order valence-corrected chi connectivity index (χ3v) is 12.6. The smallest absolute Gasteiger partial charge is 0.198 e. The molecule has 0 aromatic heterocycles. The van der Waals surface area contributed by atoms with E-state index in [0.29, 0.717) is 35.6 Å². The maximum atomic E-state index is 15.2. The monoisotopic (exact) mass is 940 g/mol. The largest absolute Gasteiger partial charge is 0.449 e. The van der Waals surface area contributed by atoms with Gasteiger partial charge < -0.3 is 19.3 Å². The fourth-order valence-electron chi connectivity index (χ4n) is 9.13. The first-order valence-electron chi connectivity index (χ1n) is 22.8. The molecule has 0 aliphatic heterocycles. The van der Waals surface area contributed by atoms with E-state index in [1.807, 2.05) is 70.5 Å². The molecule has 0 aliphatic carbocycles. The quantitative estimate of drug-likeness (QED) is 0.101. The highest BCUT2D eigenvalue weighted by molar-refractivity contribution is 6.28. The molecule has 10 rings (SSSR count). The van der Waals surface area contributed by atoms with Gasteiger partial charge in [0.15, 0.2) is 46.3 Å². The molecule has 0 N–H and O–H groups in total. The SMILES string of the molecule is CC(C)(C)c1ccc(N(c2ccccc2Oc2c(F)cc(F)cc2F)c2ccc3ccc4c(N(c5ccc(C(C)(C)C)cc5)c5ccccc5Oc5c(F)cc(F)cc5F)ccc5ccc2c3c54)cc1. The number of ether oxygens (including phenoxy) is 2. The van der Waals surface area contributed by atoms with E-state index < -0.39 is 46.4 Å². The van der Waals surface area contributed by atoms with E-state index in [-0.39, 0.29) is 22.3 Å². The molecule has 0 bridgehead atoms. The summed E-state index contributed by atoms with van der Waals surface area (Å²) in [5.74, 6) is -8.11. The van der Waals surface area contributed by atoms with Crippen molar-refractivity contribution >= 4 is 66.4 Å². The Hall–Kier alpha value is -7.98. The lowest BCUT2D eigenvalue weighted by Gasteiger charge is -2.31. The van der Waals surface area contributed by atoms with Gasteiger partial charge in [-0.3, -0.25) is 0 Å². The topological polar surface area (TPSA) is 24.9 Å². The summed E-state index contributed by atoms with van der Waals surface area (Å²) in [5.41, 5.74) is 5.71. The molecule has 10 aromatic carbocycles. The Kier molecular flexibility index (Phi) is 11.5.